The molecule has 4 heterocycles. The molecule has 2 aliphatic rings. The second-order valence-electron chi connectivity index (χ2n) is 13.1. The third kappa shape index (κ3) is 10.8. The molecule has 230 valence electrons. The van der Waals surface area contributed by atoms with Crippen LogP contribution in [0.3, 0.4) is 0 Å². The Morgan fingerprint density at radius 2 is 1.17 bits per heavy atom. The predicted molar refractivity (Wildman–Crippen MR) is 178 cm³/mol. The van der Waals surface area contributed by atoms with Gasteiger partial charge in [-0.2, -0.15) is 0 Å². The van der Waals surface area contributed by atoms with Gasteiger partial charge in [0.05, 0.1) is 7.57 Å². The molecule has 0 aromatic carbocycles. The minimum atomic E-state index is -0.425. The van der Waals surface area contributed by atoms with Gasteiger partial charge in [-0.1, -0.05) is 0 Å². The maximum atomic E-state index is 12.2. The lowest BCUT2D eigenvalue weighted by molar-refractivity contribution is 0.0197. The number of carbonyl (C=O) groups is 2. The molecule has 0 bridgehead atoms. The van der Waals surface area contributed by atoms with E-state index in [0.29, 0.717) is 11.8 Å². The Morgan fingerprint density at radius 3 is 1.63 bits per heavy atom. The molecule has 0 radical (unpaired) electrons. The van der Waals surface area contributed by atoms with Crippen LogP contribution in [0, 0.1) is 13.8 Å². The van der Waals surface area contributed by atoms with Gasteiger partial charge in [0, 0.05) is 41.9 Å². The van der Waals surface area contributed by atoms with Crippen LogP contribution in [-0.4, -0.2) is 59.4 Å². The van der Waals surface area contributed by atoms with Gasteiger partial charge in [-0.15, -0.1) is 22.7 Å². The van der Waals surface area contributed by atoms with Gasteiger partial charge < -0.3 is 19.3 Å². The van der Waals surface area contributed by atoms with Gasteiger partial charge in [-0.3, -0.25) is 0 Å². The molecule has 0 N–H and O–H groups in total. The summed E-state index contributed by atoms with van der Waals surface area (Å²) >= 11 is 10.7. The number of hydrogen-bond acceptors (Lipinski definition) is 6. The van der Waals surface area contributed by atoms with E-state index in [-0.39, 0.29) is 12.2 Å². The zero-order chi connectivity index (χ0) is 30.5. The van der Waals surface area contributed by atoms with E-state index in [1.165, 1.54) is 28.5 Å². The number of thiophene rings is 2. The fourth-order valence-electron chi connectivity index (χ4n) is 5.27. The number of aryl methyl sites for hydroxylation is 2. The van der Waals surface area contributed by atoms with E-state index in [9.17, 15) is 9.59 Å². The van der Waals surface area contributed by atoms with Gasteiger partial charge in [0.2, 0.25) is 0 Å². The van der Waals surface area contributed by atoms with Crippen LogP contribution in [0.5, 0.6) is 0 Å². The lowest BCUT2D eigenvalue weighted by Crippen LogP contribution is -2.42. The first-order chi connectivity index (χ1) is 19.0. The molecule has 0 aliphatic carbocycles. The number of amides is 2. The lowest BCUT2D eigenvalue weighted by Gasteiger charge is -2.34. The van der Waals surface area contributed by atoms with Crippen molar-refractivity contribution in [3.05, 3.63) is 40.6 Å². The van der Waals surface area contributed by atoms with Crippen LogP contribution in [0.1, 0.15) is 106 Å². The number of halogens is 2. The molecule has 0 saturated carbocycles. The largest absolute Gasteiger partial charge is 0.444 e. The second kappa shape index (κ2) is 14.6. The molecule has 10 heteroatoms. The first kappa shape index (κ1) is 34.4. The standard InChI is InChI=1S/C16H24BrNO2S.C15H22BrNO2S/c1-11-10-13(17)21-14(11)12-6-5-8-18(9-7-12)15(19)20-16(2,3)4;1-10-8-12(16)20-13(10)11-6-5-7-17(9-11)14(18)19-15(2,3)4/h10,12H,5-9H2,1-4H3;8,11H,5-7,9H2,1-4H3. The average molecular weight is 735 g/mol. The Bertz CT molecular complexity index is 1180. The van der Waals surface area contributed by atoms with Crippen molar-refractivity contribution in [2.24, 2.45) is 0 Å². The van der Waals surface area contributed by atoms with Gasteiger partial charge in [0.1, 0.15) is 11.2 Å². The number of hydrogen-bond donors (Lipinski definition) is 0. The maximum Gasteiger partial charge on any atom is 0.410 e. The van der Waals surface area contributed by atoms with E-state index in [1.54, 1.807) is 11.3 Å². The van der Waals surface area contributed by atoms with Crippen LogP contribution in [0.25, 0.3) is 0 Å². The number of rotatable bonds is 2. The fraction of sp³-hybridized carbons (Fsp3) is 0.677. The highest BCUT2D eigenvalue weighted by Gasteiger charge is 2.30. The smallest absolute Gasteiger partial charge is 0.410 e. The highest BCUT2D eigenvalue weighted by molar-refractivity contribution is 9.11. The van der Waals surface area contributed by atoms with Gasteiger partial charge in [0.15, 0.2) is 0 Å². The van der Waals surface area contributed by atoms with E-state index >= 15 is 0 Å². The van der Waals surface area contributed by atoms with Gasteiger partial charge in [0.25, 0.3) is 0 Å². The SMILES string of the molecule is Cc1cc(Br)sc1C1CCCN(C(=O)OC(C)(C)C)C1.Cc1cc(Br)sc1C1CCCN(C(=O)OC(C)(C)C)CC1. The third-order valence-electron chi connectivity index (χ3n) is 7.05. The van der Waals surface area contributed by atoms with Crippen molar-refractivity contribution < 1.29 is 19.1 Å². The van der Waals surface area contributed by atoms with Crippen LogP contribution in [0.4, 0.5) is 9.59 Å². The zero-order valence-electron chi connectivity index (χ0n) is 25.8. The van der Waals surface area contributed by atoms with Crippen molar-refractivity contribution in [1.82, 2.24) is 9.80 Å². The molecule has 0 spiro atoms. The first-order valence-corrected chi connectivity index (χ1v) is 17.7. The highest BCUT2D eigenvalue weighted by Crippen LogP contribution is 2.39. The fourth-order valence-corrected chi connectivity index (χ4v) is 9.10. The van der Waals surface area contributed by atoms with Crippen molar-refractivity contribution in [1.29, 1.82) is 0 Å². The van der Waals surface area contributed by atoms with Crippen molar-refractivity contribution in [2.45, 2.75) is 111 Å². The zero-order valence-corrected chi connectivity index (χ0v) is 30.6. The van der Waals surface area contributed by atoms with E-state index in [1.807, 2.05) is 62.7 Å². The summed E-state index contributed by atoms with van der Waals surface area (Å²) in [6, 6.07) is 4.35. The molecule has 41 heavy (non-hydrogen) atoms. The Morgan fingerprint density at radius 1 is 0.732 bits per heavy atom. The monoisotopic (exact) mass is 732 g/mol. The van der Waals surface area contributed by atoms with Gasteiger partial charge >= 0.3 is 12.2 Å². The molecule has 4 rings (SSSR count). The summed E-state index contributed by atoms with van der Waals surface area (Å²) in [5, 5.41) is 0. The van der Waals surface area contributed by atoms with Crippen molar-refractivity contribution in [2.75, 3.05) is 26.2 Å². The Labute approximate surface area is 271 Å². The van der Waals surface area contributed by atoms with Gasteiger partial charge in [-0.25, -0.2) is 9.59 Å². The maximum absolute atomic E-state index is 12.2. The normalized spacial score (nSPS) is 20.1. The summed E-state index contributed by atoms with van der Waals surface area (Å²) in [5.74, 6) is 1.00. The molecule has 6 nitrogen and oxygen atoms in total. The van der Waals surface area contributed by atoms with Crippen molar-refractivity contribution in [3.8, 4) is 0 Å². The minimum Gasteiger partial charge on any atom is -0.444 e. The number of ether oxygens (including phenoxy) is 2. The van der Waals surface area contributed by atoms with E-state index in [4.69, 9.17) is 9.47 Å². The minimum absolute atomic E-state index is 0.174. The Balaban J connectivity index is 0.000000226. The number of nitrogens with zero attached hydrogens (tertiary/aromatic N) is 2. The number of carbonyl (C=O) groups excluding carboxylic acids is 2. The summed E-state index contributed by atoms with van der Waals surface area (Å²) in [5.41, 5.74) is 1.84. The number of likely N-dealkylation sites (tertiary alicyclic amines) is 2. The van der Waals surface area contributed by atoms with Crippen LogP contribution >= 0.6 is 54.5 Å². The van der Waals surface area contributed by atoms with E-state index in [2.05, 4.69) is 57.8 Å². The van der Waals surface area contributed by atoms with Crippen LogP contribution < -0.4 is 0 Å². The molecular formula is C31H46Br2N2O4S2. The van der Waals surface area contributed by atoms with Gasteiger partial charge in [-0.05, 0) is 149 Å². The molecule has 2 atom stereocenters. The van der Waals surface area contributed by atoms with Crippen LogP contribution in [0.15, 0.2) is 19.7 Å². The summed E-state index contributed by atoms with van der Waals surface area (Å²) in [6.45, 7) is 18.9. The van der Waals surface area contributed by atoms with E-state index in [0.717, 1.165) is 58.3 Å². The molecule has 2 saturated heterocycles. The quantitative estimate of drug-likeness (QED) is 0.308. The van der Waals surface area contributed by atoms with Crippen molar-refractivity contribution >= 4 is 66.7 Å². The number of piperidine rings is 1. The molecule has 2 fully saturated rings. The Kier molecular flexibility index (Phi) is 12.2. The third-order valence-corrected chi connectivity index (χ3v) is 10.9. The summed E-state index contributed by atoms with van der Waals surface area (Å²) in [6.07, 6.45) is 5.04. The Hall–Kier alpha value is -1.10. The average Bonchev–Trinajstić information content (AvgIpc) is 3.25. The van der Waals surface area contributed by atoms with Crippen LogP contribution in [0.2, 0.25) is 0 Å². The lowest BCUT2D eigenvalue weighted by atomic mass is 9.95. The summed E-state index contributed by atoms with van der Waals surface area (Å²) < 4.78 is 13.3. The summed E-state index contributed by atoms with van der Waals surface area (Å²) in [4.78, 5) is 30.9. The topological polar surface area (TPSA) is 59.1 Å². The highest BCUT2D eigenvalue weighted by atomic mass is 79.9. The molecule has 2 unspecified atom stereocenters. The second-order valence-corrected chi connectivity index (χ2v) is 18.0. The molecular weight excluding hydrogens is 688 g/mol. The molecule has 2 aromatic heterocycles. The van der Waals surface area contributed by atoms with Crippen LogP contribution in [-0.2, 0) is 9.47 Å². The molecule has 2 aliphatic heterocycles. The first-order valence-electron chi connectivity index (χ1n) is 14.5. The summed E-state index contributed by atoms with van der Waals surface area (Å²) in [7, 11) is 0. The molecule has 2 amide bonds. The predicted octanol–water partition coefficient (Wildman–Crippen LogP) is 10.3. The molecule has 2 aromatic rings. The van der Waals surface area contributed by atoms with Crippen molar-refractivity contribution in [3.63, 3.8) is 0 Å². The van der Waals surface area contributed by atoms with E-state index < -0.39 is 11.2 Å².